The molecule has 1 atom stereocenters. The van der Waals surface area contributed by atoms with Crippen LogP contribution in [0.15, 0.2) is 72.8 Å². The fourth-order valence-electron chi connectivity index (χ4n) is 4.08. The van der Waals surface area contributed by atoms with Crippen LogP contribution in [-0.2, 0) is 32.6 Å². The molecule has 0 saturated heterocycles. The van der Waals surface area contributed by atoms with Gasteiger partial charge in [0.15, 0.2) is 0 Å². The number of hydrogen-bond donors (Lipinski definition) is 1. The van der Waals surface area contributed by atoms with E-state index < -0.39 is 28.5 Å². The molecule has 0 fully saturated rings. The SMILES string of the molecule is CNC(=O)[C@H](Cc1ccccc1)N(Cc1cccc(C)c1)C(=O)CN(c1ccc(C)c(Cl)c1)S(C)(=O)=O. The minimum atomic E-state index is -3.84. The Hall–Kier alpha value is -3.36. The maximum Gasteiger partial charge on any atom is 0.244 e. The number of rotatable bonds is 10. The highest BCUT2D eigenvalue weighted by Crippen LogP contribution is 2.25. The molecule has 196 valence electrons. The summed E-state index contributed by atoms with van der Waals surface area (Å²) in [7, 11) is -2.32. The van der Waals surface area contributed by atoms with Crippen molar-refractivity contribution < 1.29 is 18.0 Å². The lowest BCUT2D eigenvalue weighted by atomic mass is 10.0. The number of nitrogens with zero attached hydrogens (tertiary/aromatic N) is 2. The summed E-state index contributed by atoms with van der Waals surface area (Å²) in [5.74, 6) is -0.845. The first kappa shape index (κ1) is 28.2. The molecule has 0 aliphatic heterocycles. The zero-order chi connectivity index (χ0) is 27.2. The maximum absolute atomic E-state index is 13.9. The van der Waals surface area contributed by atoms with Crippen LogP contribution in [0.3, 0.4) is 0 Å². The molecule has 3 aromatic carbocycles. The van der Waals surface area contributed by atoms with Crippen LogP contribution < -0.4 is 9.62 Å². The molecule has 0 heterocycles. The number of benzene rings is 3. The molecule has 2 amide bonds. The van der Waals surface area contributed by atoms with Crippen molar-refractivity contribution in [2.75, 3.05) is 24.2 Å². The molecule has 0 aliphatic rings. The number of anilines is 1. The summed E-state index contributed by atoms with van der Waals surface area (Å²) in [6, 6.07) is 21.0. The van der Waals surface area contributed by atoms with E-state index in [1.165, 1.54) is 18.0 Å². The van der Waals surface area contributed by atoms with E-state index in [0.29, 0.717) is 5.02 Å². The topological polar surface area (TPSA) is 86.8 Å². The molecule has 0 bridgehead atoms. The Morgan fingerprint density at radius 1 is 0.946 bits per heavy atom. The van der Waals surface area contributed by atoms with Gasteiger partial charge in [-0.2, -0.15) is 0 Å². The van der Waals surface area contributed by atoms with E-state index in [2.05, 4.69) is 5.32 Å². The van der Waals surface area contributed by atoms with Crippen molar-refractivity contribution in [3.8, 4) is 0 Å². The largest absolute Gasteiger partial charge is 0.357 e. The Morgan fingerprint density at radius 2 is 1.62 bits per heavy atom. The van der Waals surface area contributed by atoms with Gasteiger partial charge < -0.3 is 10.2 Å². The lowest BCUT2D eigenvalue weighted by Gasteiger charge is -2.33. The Kier molecular flexibility index (Phi) is 9.34. The second-order valence-electron chi connectivity index (χ2n) is 9.03. The first-order chi connectivity index (χ1) is 17.5. The van der Waals surface area contributed by atoms with Crippen LogP contribution in [0.4, 0.5) is 5.69 Å². The molecule has 0 spiro atoms. The Labute approximate surface area is 224 Å². The molecule has 0 aliphatic carbocycles. The zero-order valence-corrected chi connectivity index (χ0v) is 23.0. The smallest absolute Gasteiger partial charge is 0.244 e. The van der Waals surface area contributed by atoms with Crippen molar-refractivity contribution in [3.63, 3.8) is 0 Å². The average Bonchev–Trinajstić information content (AvgIpc) is 2.86. The van der Waals surface area contributed by atoms with Crippen molar-refractivity contribution in [2.24, 2.45) is 0 Å². The standard InChI is InChI=1S/C28H32ClN3O4S/c1-20-9-8-12-23(15-20)18-31(26(28(34)30-3)16-22-10-6-5-7-11-22)27(33)19-32(37(4,35)36)24-14-13-21(2)25(29)17-24/h5-15,17,26H,16,18-19H2,1-4H3,(H,30,34)/t26-/m0/s1. The normalized spacial score (nSPS) is 12.0. The summed E-state index contributed by atoms with van der Waals surface area (Å²) < 4.78 is 26.6. The van der Waals surface area contributed by atoms with Gasteiger partial charge in [-0.1, -0.05) is 77.8 Å². The Bertz CT molecular complexity index is 1360. The number of halogens is 1. The van der Waals surface area contributed by atoms with Crippen LogP contribution in [0.1, 0.15) is 22.3 Å². The fourth-order valence-corrected chi connectivity index (χ4v) is 5.09. The lowest BCUT2D eigenvalue weighted by Crippen LogP contribution is -2.52. The third-order valence-electron chi connectivity index (χ3n) is 6.08. The lowest BCUT2D eigenvalue weighted by molar-refractivity contribution is -0.139. The molecular weight excluding hydrogens is 510 g/mol. The highest BCUT2D eigenvalue weighted by molar-refractivity contribution is 7.92. The van der Waals surface area contributed by atoms with E-state index >= 15 is 0 Å². The van der Waals surface area contributed by atoms with Gasteiger partial charge in [0.25, 0.3) is 0 Å². The van der Waals surface area contributed by atoms with Gasteiger partial charge in [0.2, 0.25) is 21.8 Å². The summed E-state index contributed by atoms with van der Waals surface area (Å²) in [4.78, 5) is 28.4. The highest BCUT2D eigenvalue weighted by Gasteiger charge is 2.32. The molecular formula is C28H32ClN3O4S. The zero-order valence-electron chi connectivity index (χ0n) is 21.4. The van der Waals surface area contributed by atoms with E-state index in [-0.39, 0.29) is 24.6 Å². The number of amides is 2. The Balaban J connectivity index is 2.04. The van der Waals surface area contributed by atoms with Crippen LogP contribution in [0.25, 0.3) is 0 Å². The minimum absolute atomic E-state index is 0.137. The van der Waals surface area contributed by atoms with Gasteiger partial charge in [0.1, 0.15) is 12.6 Å². The van der Waals surface area contributed by atoms with Crippen molar-refractivity contribution in [2.45, 2.75) is 32.9 Å². The third kappa shape index (κ3) is 7.57. The average molecular weight is 542 g/mol. The van der Waals surface area contributed by atoms with Crippen LogP contribution in [0.2, 0.25) is 5.02 Å². The van der Waals surface area contributed by atoms with Gasteiger partial charge in [0.05, 0.1) is 11.9 Å². The molecule has 1 N–H and O–H groups in total. The summed E-state index contributed by atoms with van der Waals surface area (Å²) in [5.41, 5.74) is 3.79. The molecule has 0 aromatic heterocycles. The van der Waals surface area contributed by atoms with Crippen LogP contribution in [-0.4, -0.2) is 51.0 Å². The molecule has 0 saturated carbocycles. The molecule has 3 aromatic rings. The first-order valence-electron chi connectivity index (χ1n) is 11.8. The second kappa shape index (κ2) is 12.3. The van der Waals surface area contributed by atoms with Crippen molar-refractivity contribution >= 4 is 39.1 Å². The van der Waals surface area contributed by atoms with Gasteiger partial charge in [-0.3, -0.25) is 13.9 Å². The van der Waals surface area contributed by atoms with E-state index in [9.17, 15) is 18.0 Å². The number of sulfonamides is 1. The number of aryl methyl sites for hydroxylation is 2. The predicted molar refractivity (Wildman–Crippen MR) is 148 cm³/mol. The highest BCUT2D eigenvalue weighted by atomic mass is 35.5. The first-order valence-corrected chi connectivity index (χ1v) is 14.1. The van der Waals surface area contributed by atoms with Crippen molar-refractivity contribution in [1.82, 2.24) is 10.2 Å². The van der Waals surface area contributed by atoms with Crippen molar-refractivity contribution in [3.05, 3.63) is 100 Å². The van der Waals surface area contributed by atoms with Gasteiger partial charge >= 0.3 is 0 Å². The molecule has 0 unspecified atom stereocenters. The molecule has 9 heteroatoms. The Morgan fingerprint density at radius 3 is 2.22 bits per heavy atom. The van der Waals surface area contributed by atoms with Gasteiger partial charge in [-0.15, -0.1) is 0 Å². The summed E-state index contributed by atoms with van der Waals surface area (Å²) >= 11 is 6.26. The number of nitrogens with one attached hydrogen (secondary N) is 1. The van der Waals surface area contributed by atoms with Crippen LogP contribution in [0, 0.1) is 13.8 Å². The summed E-state index contributed by atoms with van der Waals surface area (Å²) in [5, 5.41) is 3.06. The minimum Gasteiger partial charge on any atom is -0.357 e. The number of carbonyl (C=O) groups is 2. The van der Waals surface area contributed by atoms with E-state index in [1.54, 1.807) is 12.1 Å². The van der Waals surface area contributed by atoms with Gasteiger partial charge in [-0.25, -0.2) is 8.42 Å². The number of carbonyl (C=O) groups excluding carboxylic acids is 2. The number of hydrogen-bond acceptors (Lipinski definition) is 4. The van der Waals surface area contributed by atoms with Gasteiger partial charge in [0, 0.05) is 25.0 Å². The monoisotopic (exact) mass is 541 g/mol. The molecule has 37 heavy (non-hydrogen) atoms. The molecule has 7 nitrogen and oxygen atoms in total. The van der Waals surface area contributed by atoms with E-state index in [0.717, 1.165) is 32.8 Å². The quantitative estimate of drug-likeness (QED) is 0.418. The van der Waals surface area contributed by atoms with E-state index in [1.807, 2.05) is 68.4 Å². The summed E-state index contributed by atoms with van der Waals surface area (Å²) in [6.45, 7) is 3.41. The molecule has 3 rings (SSSR count). The number of likely N-dealkylation sites (N-methyl/N-ethyl adjacent to an activating group) is 1. The maximum atomic E-state index is 13.9. The van der Waals surface area contributed by atoms with Crippen molar-refractivity contribution in [1.29, 1.82) is 0 Å². The van der Waals surface area contributed by atoms with Crippen LogP contribution in [0.5, 0.6) is 0 Å². The second-order valence-corrected chi connectivity index (χ2v) is 11.3. The third-order valence-corrected chi connectivity index (χ3v) is 7.62. The van der Waals surface area contributed by atoms with E-state index in [4.69, 9.17) is 11.6 Å². The summed E-state index contributed by atoms with van der Waals surface area (Å²) in [6.07, 6.45) is 1.31. The fraction of sp³-hybridized carbons (Fsp3) is 0.286. The van der Waals surface area contributed by atoms with Crippen LogP contribution >= 0.6 is 11.6 Å². The predicted octanol–water partition coefficient (Wildman–Crippen LogP) is 4.11. The molecule has 0 radical (unpaired) electrons. The van der Waals surface area contributed by atoms with Gasteiger partial charge in [-0.05, 0) is 42.7 Å².